The van der Waals surface area contributed by atoms with E-state index in [0.717, 1.165) is 17.6 Å². The predicted molar refractivity (Wildman–Crippen MR) is 103 cm³/mol. The Balaban J connectivity index is 2.24. The van der Waals surface area contributed by atoms with Gasteiger partial charge in [0.1, 0.15) is 11.3 Å². The molecule has 0 saturated carbocycles. The van der Waals surface area contributed by atoms with Crippen LogP contribution in [0.15, 0.2) is 48.5 Å². The highest BCUT2D eigenvalue weighted by molar-refractivity contribution is 6.05. The molecule has 2 aromatic carbocycles. The van der Waals surface area contributed by atoms with Crippen LogP contribution in [0.5, 0.6) is 5.75 Å². The average molecular weight is 353 g/mol. The number of anilines is 1. The molecule has 26 heavy (non-hydrogen) atoms. The van der Waals surface area contributed by atoms with Crippen molar-refractivity contribution >= 4 is 23.1 Å². The Kier molecular flexibility index (Phi) is 6.55. The quantitative estimate of drug-likeness (QED) is 0.774. The van der Waals surface area contributed by atoms with Crippen LogP contribution in [0.3, 0.4) is 0 Å². The second-order valence-corrected chi connectivity index (χ2v) is 5.74. The molecule has 0 unspecified atom stereocenters. The number of benzene rings is 2. The van der Waals surface area contributed by atoms with E-state index in [4.69, 9.17) is 9.47 Å². The van der Waals surface area contributed by atoms with Gasteiger partial charge in [-0.25, -0.2) is 4.79 Å². The summed E-state index contributed by atoms with van der Waals surface area (Å²) in [6.45, 7) is 4.10. The molecule has 0 aliphatic carbocycles. The molecule has 5 heteroatoms. The molecule has 0 radical (unpaired) electrons. The number of hydrogen-bond acceptors (Lipinski definition) is 4. The molecule has 0 bridgehead atoms. The first-order valence-electron chi connectivity index (χ1n) is 8.35. The summed E-state index contributed by atoms with van der Waals surface area (Å²) in [5.41, 5.74) is 3.53. The van der Waals surface area contributed by atoms with Crippen LogP contribution in [0, 0.1) is 0 Å². The molecule has 1 amide bonds. The van der Waals surface area contributed by atoms with Gasteiger partial charge in [0.05, 0.1) is 14.2 Å². The second-order valence-electron chi connectivity index (χ2n) is 5.74. The Morgan fingerprint density at radius 1 is 1.08 bits per heavy atom. The summed E-state index contributed by atoms with van der Waals surface area (Å²) < 4.78 is 9.93. The van der Waals surface area contributed by atoms with Crippen LogP contribution in [0.25, 0.3) is 5.57 Å². The van der Waals surface area contributed by atoms with Crippen molar-refractivity contribution in [3.8, 4) is 5.75 Å². The first-order valence-corrected chi connectivity index (χ1v) is 8.35. The fraction of sp³-hybridized carbons (Fsp3) is 0.238. The third-order valence-electron chi connectivity index (χ3n) is 3.96. The predicted octanol–water partition coefficient (Wildman–Crippen LogP) is 4.55. The monoisotopic (exact) mass is 353 g/mol. The summed E-state index contributed by atoms with van der Waals surface area (Å²) in [6, 6.07) is 12.2. The van der Waals surface area contributed by atoms with Crippen molar-refractivity contribution in [1.82, 2.24) is 0 Å². The van der Waals surface area contributed by atoms with Crippen molar-refractivity contribution in [3.63, 3.8) is 0 Å². The Morgan fingerprint density at radius 3 is 2.46 bits per heavy atom. The van der Waals surface area contributed by atoms with E-state index >= 15 is 0 Å². The van der Waals surface area contributed by atoms with Gasteiger partial charge in [-0.3, -0.25) is 4.79 Å². The van der Waals surface area contributed by atoms with Gasteiger partial charge in [0.2, 0.25) is 0 Å². The van der Waals surface area contributed by atoms with Gasteiger partial charge in [-0.15, -0.1) is 0 Å². The van der Waals surface area contributed by atoms with E-state index in [1.807, 2.05) is 25.1 Å². The number of hydrogen-bond donors (Lipinski definition) is 1. The van der Waals surface area contributed by atoms with Crippen LogP contribution in [0.4, 0.5) is 5.69 Å². The zero-order valence-electron chi connectivity index (χ0n) is 15.5. The van der Waals surface area contributed by atoms with E-state index in [9.17, 15) is 9.59 Å². The maximum absolute atomic E-state index is 12.6. The van der Waals surface area contributed by atoms with Crippen LogP contribution in [0.1, 0.15) is 46.5 Å². The van der Waals surface area contributed by atoms with E-state index in [1.54, 1.807) is 24.3 Å². The number of methoxy groups -OCH3 is 2. The van der Waals surface area contributed by atoms with Crippen LogP contribution >= 0.6 is 0 Å². The molecule has 0 aliphatic heterocycles. The van der Waals surface area contributed by atoms with Crippen molar-refractivity contribution in [2.45, 2.75) is 20.3 Å². The number of esters is 1. The van der Waals surface area contributed by atoms with Gasteiger partial charge in [0.25, 0.3) is 5.91 Å². The topological polar surface area (TPSA) is 64.6 Å². The van der Waals surface area contributed by atoms with Gasteiger partial charge in [0, 0.05) is 17.3 Å². The van der Waals surface area contributed by atoms with Crippen LogP contribution in [0.2, 0.25) is 0 Å². The molecule has 0 saturated heterocycles. The normalized spacial score (nSPS) is 11.0. The molecule has 0 heterocycles. The van der Waals surface area contributed by atoms with Gasteiger partial charge < -0.3 is 14.8 Å². The number of carbonyl (C=O) groups is 2. The molecule has 0 aliphatic rings. The van der Waals surface area contributed by atoms with Crippen molar-refractivity contribution < 1.29 is 19.1 Å². The average Bonchev–Trinajstić information content (AvgIpc) is 2.67. The molecule has 0 fully saturated rings. The maximum Gasteiger partial charge on any atom is 0.341 e. The zero-order valence-corrected chi connectivity index (χ0v) is 15.5. The summed E-state index contributed by atoms with van der Waals surface area (Å²) in [5, 5.41) is 2.82. The number of carbonyl (C=O) groups excluding carboxylic acids is 2. The summed E-state index contributed by atoms with van der Waals surface area (Å²) in [7, 11) is 2.76. The number of ether oxygens (including phenoxy) is 2. The molecule has 5 nitrogen and oxygen atoms in total. The van der Waals surface area contributed by atoms with Crippen molar-refractivity contribution in [1.29, 1.82) is 0 Å². The summed E-state index contributed by atoms with van der Waals surface area (Å²) in [4.78, 5) is 24.3. The first-order chi connectivity index (χ1) is 12.5. The maximum atomic E-state index is 12.6. The molecular formula is C21H23NO4. The van der Waals surface area contributed by atoms with E-state index < -0.39 is 5.97 Å². The Labute approximate surface area is 153 Å². The minimum atomic E-state index is -0.495. The number of rotatable bonds is 6. The molecule has 2 rings (SSSR count). The highest BCUT2D eigenvalue weighted by Crippen LogP contribution is 2.24. The summed E-state index contributed by atoms with van der Waals surface area (Å²) >= 11 is 0. The minimum Gasteiger partial charge on any atom is -0.496 e. The highest BCUT2D eigenvalue weighted by Gasteiger charge is 2.14. The standard InChI is InChI=1S/C21H23NO4/c1-5-7-14(2)15-8-6-9-16(12-15)20(23)22-17-10-11-18(21(24)26-4)19(13-17)25-3/h6-13H,5H2,1-4H3,(H,22,23). The largest absolute Gasteiger partial charge is 0.496 e. The van der Waals surface area contributed by atoms with Gasteiger partial charge >= 0.3 is 5.97 Å². The van der Waals surface area contributed by atoms with E-state index in [0.29, 0.717) is 22.6 Å². The fourth-order valence-corrected chi connectivity index (χ4v) is 2.58. The first kappa shape index (κ1) is 19.2. The van der Waals surface area contributed by atoms with Gasteiger partial charge in [0.15, 0.2) is 0 Å². The lowest BCUT2D eigenvalue weighted by Crippen LogP contribution is -2.13. The Morgan fingerprint density at radius 2 is 1.81 bits per heavy atom. The van der Waals surface area contributed by atoms with Gasteiger partial charge in [-0.05, 0) is 48.7 Å². The molecular weight excluding hydrogens is 330 g/mol. The van der Waals surface area contributed by atoms with E-state index in [2.05, 4.69) is 18.3 Å². The number of nitrogens with one attached hydrogen (secondary N) is 1. The van der Waals surface area contributed by atoms with E-state index in [1.165, 1.54) is 14.2 Å². The third-order valence-corrected chi connectivity index (χ3v) is 3.96. The lowest BCUT2D eigenvalue weighted by Gasteiger charge is -2.11. The second kappa shape index (κ2) is 8.85. The summed E-state index contributed by atoms with van der Waals surface area (Å²) in [5.74, 6) is -0.389. The smallest absolute Gasteiger partial charge is 0.341 e. The Bertz CT molecular complexity index is 840. The Hall–Kier alpha value is -3.08. The SMILES string of the molecule is CCC=C(C)c1cccc(C(=O)Nc2ccc(C(=O)OC)c(OC)c2)c1. The molecule has 0 spiro atoms. The van der Waals surface area contributed by atoms with Crippen molar-refractivity contribution in [3.05, 3.63) is 65.2 Å². The zero-order chi connectivity index (χ0) is 19.1. The minimum absolute atomic E-state index is 0.232. The van der Waals surface area contributed by atoms with Crippen molar-refractivity contribution in [2.75, 3.05) is 19.5 Å². The van der Waals surface area contributed by atoms with E-state index in [-0.39, 0.29) is 5.91 Å². The molecule has 1 N–H and O–H groups in total. The third kappa shape index (κ3) is 4.51. The van der Waals surface area contributed by atoms with Crippen molar-refractivity contribution in [2.24, 2.45) is 0 Å². The molecule has 2 aromatic rings. The molecule has 0 atom stereocenters. The highest BCUT2D eigenvalue weighted by atomic mass is 16.5. The number of allylic oxidation sites excluding steroid dienone is 2. The molecule has 0 aromatic heterocycles. The fourth-order valence-electron chi connectivity index (χ4n) is 2.58. The van der Waals surface area contributed by atoms with Crippen LogP contribution in [-0.4, -0.2) is 26.1 Å². The van der Waals surface area contributed by atoms with Gasteiger partial charge in [-0.2, -0.15) is 0 Å². The lowest BCUT2D eigenvalue weighted by atomic mass is 10.0. The van der Waals surface area contributed by atoms with Gasteiger partial charge in [-0.1, -0.05) is 25.1 Å². The summed E-state index contributed by atoms with van der Waals surface area (Å²) in [6.07, 6.45) is 3.06. The lowest BCUT2D eigenvalue weighted by molar-refractivity contribution is 0.0597. The van der Waals surface area contributed by atoms with Crippen LogP contribution in [-0.2, 0) is 4.74 Å². The van der Waals surface area contributed by atoms with Crippen LogP contribution < -0.4 is 10.1 Å². The molecule has 136 valence electrons. The number of amides is 1.